The predicted octanol–water partition coefficient (Wildman–Crippen LogP) is 3.34. The monoisotopic (exact) mass is 237 g/mol. The Morgan fingerprint density at radius 2 is 1.82 bits per heavy atom. The maximum atomic E-state index is 5.73. The third-order valence-corrected chi connectivity index (χ3v) is 4.58. The fourth-order valence-electron chi connectivity index (χ4n) is 3.41. The summed E-state index contributed by atoms with van der Waals surface area (Å²) in [5.41, 5.74) is 0. The van der Waals surface area contributed by atoms with Gasteiger partial charge in [0.05, 0.1) is 12.6 Å². The molecule has 0 bridgehead atoms. The summed E-state index contributed by atoms with van der Waals surface area (Å²) in [4.78, 5) is 0. The molecule has 1 fully saturated rings. The van der Waals surface area contributed by atoms with Crippen LogP contribution in [0, 0.1) is 17.8 Å². The van der Waals surface area contributed by atoms with Gasteiger partial charge >= 0.3 is 0 Å². The largest absolute Gasteiger partial charge is 0.496 e. The molecule has 1 aliphatic carbocycles. The van der Waals surface area contributed by atoms with Crippen molar-refractivity contribution in [2.45, 2.75) is 52.0 Å². The molecule has 0 amide bonds. The molecule has 1 atom stereocenters. The molecule has 1 N–H and O–H groups in total. The Morgan fingerprint density at radius 1 is 1.18 bits per heavy atom. The summed E-state index contributed by atoms with van der Waals surface area (Å²) in [5, 5.41) is 3.46. The summed E-state index contributed by atoms with van der Waals surface area (Å²) in [6.07, 6.45) is 8.87. The smallest absolute Gasteiger partial charge is 0.109 e. The number of likely N-dealkylation sites (N-methyl/N-ethyl adjacent to an activating group) is 1. The number of rotatable bonds is 4. The van der Waals surface area contributed by atoms with Crippen molar-refractivity contribution in [3.05, 3.63) is 11.8 Å². The second-order valence-corrected chi connectivity index (χ2v) is 5.93. The highest BCUT2D eigenvalue weighted by Gasteiger charge is 2.31. The van der Waals surface area contributed by atoms with E-state index >= 15 is 0 Å². The number of hydrogen-bond donors (Lipinski definition) is 1. The van der Waals surface area contributed by atoms with E-state index in [1.165, 1.54) is 31.4 Å². The van der Waals surface area contributed by atoms with Crippen LogP contribution >= 0.6 is 0 Å². The van der Waals surface area contributed by atoms with Crippen molar-refractivity contribution in [2.24, 2.45) is 17.8 Å². The minimum absolute atomic E-state index is 0.464. The van der Waals surface area contributed by atoms with Gasteiger partial charge in [-0.3, -0.25) is 0 Å². The van der Waals surface area contributed by atoms with Crippen molar-refractivity contribution in [2.75, 3.05) is 13.7 Å². The van der Waals surface area contributed by atoms with Crippen LogP contribution in [0.15, 0.2) is 11.8 Å². The van der Waals surface area contributed by atoms with E-state index < -0.39 is 0 Å². The SMILES string of the molecule is CNC(C1=CCCO1)C1CCC(C(C)C)CC1. The van der Waals surface area contributed by atoms with Gasteiger partial charge in [-0.25, -0.2) is 0 Å². The Bertz CT molecular complexity index is 264. The standard InChI is InChI=1S/C15H27NO/c1-11(2)12-6-8-13(9-7-12)15(16-3)14-5-4-10-17-14/h5,11-13,15-16H,4,6-10H2,1-3H3. The molecule has 0 radical (unpaired) electrons. The first kappa shape index (κ1) is 12.9. The van der Waals surface area contributed by atoms with Gasteiger partial charge in [-0.2, -0.15) is 0 Å². The Morgan fingerprint density at radius 3 is 2.29 bits per heavy atom. The van der Waals surface area contributed by atoms with Gasteiger partial charge in [0.2, 0.25) is 0 Å². The molecule has 1 heterocycles. The lowest BCUT2D eigenvalue weighted by atomic mass is 9.74. The van der Waals surface area contributed by atoms with E-state index in [1.807, 2.05) is 0 Å². The van der Waals surface area contributed by atoms with Crippen molar-refractivity contribution in [3.63, 3.8) is 0 Å². The number of nitrogens with one attached hydrogen (secondary N) is 1. The Labute approximate surface area is 106 Å². The van der Waals surface area contributed by atoms with Crippen LogP contribution in [0.2, 0.25) is 0 Å². The van der Waals surface area contributed by atoms with Gasteiger partial charge < -0.3 is 10.1 Å². The summed E-state index contributed by atoms with van der Waals surface area (Å²) >= 11 is 0. The van der Waals surface area contributed by atoms with Crippen molar-refractivity contribution < 1.29 is 4.74 Å². The van der Waals surface area contributed by atoms with E-state index in [2.05, 4.69) is 32.3 Å². The molecule has 98 valence electrons. The highest BCUT2D eigenvalue weighted by Crippen LogP contribution is 2.36. The second-order valence-electron chi connectivity index (χ2n) is 5.93. The summed E-state index contributed by atoms with van der Waals surface area (Å²) in [5.74, 6) is 3.79. The Kier molecular flexibility index (Phi) is 4.49. The average Bonchev–Trinajstić information content (AvgIpc) is 2.84. The minimum atomic E-state index is 0.464. The van der Waals surface area contributed by atoms with Crippen LogP contribution < -0.4 is 5.32 Å². The quantitative estimate of drug-likeness (QED) is 0.809. The average molecular weight is 237 g/mol. The fraction of sp³-hybridized carbons (Fsp3) is 0.867. The summed E-state index contributed by atoms with van der Waals surface area (Å²) in [6.45, 7) is 5.61. The van der Waals surface area contributed by atoms with Gasteiger partial charge in [0.25, 0.3) is 0 Å². The normalized spacial score (nSPS) is 31.2. The first-order valence-corrected chi connectivity index (χ1v) is 7.22. The van der Waals surface area contributed by atoms with Crippen LogP contribution in [0.3, 0.4) is 0 Å². The zero-order valence-corrected chi connectivity index (χ0v) is 11.5. The summed E-state index contributed by atoms with van der Waals surface area (Å²) in [7, 11) is 2.07. The van der Waals surface area contributed by atoms with Gasteiger partial charge in [-0.05, 0) is 56.6 Å². The van der Waals surface area contributed by atoms with Gasteiger partial charge in [-0.15, -0.1) is 0 Å². The minimum Gasteiger partial charge on any atom is -0.496 e. The van der Waals surface area contributed by atoms with Gasteiger partial charge in [0, 0.05) is 6.42 Å². The first-order chi connectivity index (χ1) is 8.22. The summed E-state index contributed by atoms with van der Waals surface area (Å²) in [6, 6.07) is 0.464. The highest BCUT2D eigenvalue weighted by atomic mass is 16.5. The van der Waals surface area contributed by atoms with Crippen molar-refractivity contribution in [1.29, 1.82) is 0 Å². The third-order valence-electron chi connectivity index (χ3n) is 4.58. The van der Waals surface area contributed by atoms with Crippen LogP contribution in [-0.4, -0.2) is 19.7 Å². The van der Waals surface area contributed by atoms with Crippen LogP contribution in [0.25, 0.3) is 0 Å². The molecule has 2 heteroatoms. The van der Waals surface area contributed by atoms with E-state index in [1.54, 1.807) is 0 Å². The van der Waals surface area contributed by atoms with Crippen LogP contribution in [-0.2, 0) is 4.74 Å². The molecule has 2 nitrogen and oxygen atoms in total. The molecular weight excluding hydrogens is 210 g/mol. The molecule has 17 heavy (non-hydrogen) atoms. The lowest BCUT2D eigenvalue weighted by Crippen LogP contribution is -2.38. The van der Waals surface area contributed by atoms with Gasteiger partial charge in [0.1, 0.15) is 5.76 Å². The van der Waals surface area contributed by atoms with E-state index in [-0.39, 0.29) is 0 Å². The van der Waals surface area contributed by atoms with Gasteiger partial charge in [0.15, 0.2) is 0 Å². The van der Waals surface area contributed by atoms with E-state index in [0.717, 1.165) is 30.8 Å². The van der Waals surface area contributed by atoms with Crippen molar-refractivity contribution in [3.8, 4) is 0 Å². The highest BCUT2D eigenvalue weighted by molar-refractivity contribution is 5.09. The molecular formula is C15H27NO. The first-order valence-electron chi connectivity index (χ1n) is 7.22. The number of hydrogen-bond acceptors (Lipinski definition) is 2. The molecule has 2 aliphatic rings. The Balaban J connectivity index is 1.90. The third kappa shape index (κ3) is 3.04. The molecule has 0 aromatic carbocycles. The molecule has 1 unspecified atom stereocenters. The van der Waals surface area contributed by atoms with E-state index in [9.17, 15) is 0 Å². The van der Waals surface area contributed by atoms with E-state index in [4.69, 9.17) is 4.74 Å². The second kappa shape index (κ2) is 5.90. The van der Waals surface area contributed by atoms with Crippen LogP contribution in [0.1, 0.15) is 46.0 Å². The zero-order valence-electron chi connectivity index (χ0n) is 11.5. The number of ether oxygens (including phenoxy) is 1. The molecule has 0 aromatic heterocycles. The maximum absolute atomic E-state index is 5.73. The molecule has 0 saturated heterocycles. The topological polar surface area (TPSA) is 21.3 Å². The van der Waals surface area contributed by atoms with Crippen LogP contribution in [0.4, 0.5) is 0 Å². The fourth-order valence-corrected chi connectivity index (χ4v) is 3.41. The predicted molar refractivity (Wildman–Crippen MR) is 71.8 cm³/mol. The molecule has 2 rings (SSSR count). The maximum Gasteiger partial charge on any atom is 0.109 e. The van der Waals surface area contributed by atoms with Crippen LogP contribution in [0.5, 0.6) is 0 Å². The van der Waals surface area contributed by atoms with Gasteiger partial charge in [-0.1, -0.05) is 13.8 Å². The molecule has 1 aliphatic heterocycles. The van der Waals surface area contributed by atoms with Crippen molar-refractivity contribution in [1.82, 2.24) is 5.32 Å². The molecule has 0 aromatic rings. The van der Waals surface area contributed by atoms with Crippen molar-refractivity contribution >= 4 is 0 Å². The molecule has 0 spiro atoms. The Hall–Kier alpha value is -0.500. The lowest BCUT2D eigenvalue weighted by Gasteiger charge is -2.35. The molecule has 1 saturated carbocycles. The lowest BCUT2D eigenvalue weighted by molar-refractivity contribution is 0.154. The zero-order chi connectivity index (χ0) is 12.3. The summed E-state index contributed by atoms with van der Waals surface area (Å²) < 4.78 is 5.73. The van der Waals surface area contributed by atoms with E-state index in [0.29, 0.717) is 6.04 Å².